The fourth-order valence-electron chi connectivity index (χ4n) is 4.42. The van der Waals surface area contributed by atoms with Gasteiger partial charge in [0.15, 0.2) is 0 Å². The molecular weight excluding hydrogens is 472 g/mol. The Morgan fingerprint density at radius 2 is 1.97 bits per heavy atom. The molecular formula is C28H32N4O5. The van der Waals surface area contributed by atoms with E-state index in [1.165, 1.54) is 0 Å². The van der Waals surface area contributed by atoms with E-state index in [2.05, 4.69) is 9.97 Å². The molecule has 0 radical (unpaired) electrons. The predicted molar refractivity (Wildman–Crippen MR) is 139 cm³/mol. The van der Waals surface area contributed by atoms with Gasteiger partial charge in [0.1, 0.15) is 17.4 Å². The molecule has 194 valence electrons. The monoisotopic (exact) mass is 504 g/mol. The van der Waals surface area contributed by atoms with E-state index in [1.807, 2.05) is 31.2 Å². The number of ether oxygens (including phenoxy) is 2. The number of nitrogens with zero attached hydrogens (tertiary/aromatic N) is 4. The minimum atomic E-state index is -0.444. The van der Waals surface area contributed by atoms with Crippen LogP contribution in [0.25, 0.3) is 11.1 Å². The lowest BCUT2D eigenvalue weighted by molar-refractivity contribution is 0.0313. The molecule has 0 saturated heterocycles. The van der Waals surface area contributed by atoms with E-state index in [9.17, 15) is 14.7 Å². The maximum Gasteiger partial charge on any atom is 0.259 e. The van der Waals surface area contributed by atoms with Crippen molar-refractivity contribution >= 4 is 11.8 Å². The first-order valence-corrected chi connectivity index (χ1v) is 12.2. The van der Waals surface area contributed by atoms with E-state index in [0.29, 0.717) is 29.0 Å². The highest BCUT2D eigenvalue weighted by atomic mass is 16.5. The van der Waals surface area contributed by atoms with Gasteiger partial charge in [-0.1, -0.05) is 25.1 Å². The summed E-state index contributed by atoms with van der Waals surface area (Å²) in [5.41, 5.74) is 2.33. The van der Waals surface area contributed by atoms with Crippen LogP contribution in [0.15, 0.2) is 61.1 Å². The van der Waals surface area contributed by atoms with Crippen LogP contribution < -0.4 is 9.47 Å². The van der Waals surface area contributed by atoms with Crippen LogP contribution >= 0.6 is 0 Å². The first-order valence-electron chi connectivity index (χ1n) is 12.2. The maximum absolute atomic E-state index is 13.7. The third-order valence-corrected chi connectivity index (χ3v) is 6.67. The summed E-state index contributed by atoms with van der Waals surface area (Å²) in [6.45, 7) is 4.22. The summed E-state index contributed by atoms with van der Waals surface area (Å²) in [5.74, 6) is 0.283. The molecule has 9 heteroatoms. The van der Waals surface area contributed by atoms with E-state index < -0.39 is 12.1 Å². The summed E-state index contributed by atoms with van der Waals surface area (Å²) in [4.78, 5) is 38.4. The molecule has 1 aromatic carbocycles. The lowest BCUT2D eigenvalue weighted by Gasteiger charge is -2.37. The molecule has 4 rings (SSSR count). The molecule has 0 spiro atoms. The molecule has 0 aliphatic carbocycles. The molecule has 2 aromatic heterocycles. The average molecular weight is 505 g/mol. The zero-order chi connectivity index (χ0) is 26.5. The van der Waals surface area contributed by atoms with Gasteiger partial charge in [-0.15, -0.1) is 0 Å². The molecule has 0 saturated carbocycles. The van der Waals surface area contributed by atoms with Gasteiger partial charge in [0.25, 0.3) is 11.8 Å². The second-order valence-corrected chi connectivity index (χ2v) is 9.32. The molecule has 3 aromatic rings. The largest absolute Gasteiger partial charge is 0.496 e. The summed E-state index contributed by atoms with van der Waals surface area (Å²) in [7, 11) is 3.31. The number of aromatic nitrogens is 2. The topological polar surface area (TPSA) is 105 Å². The van der Waals surface area contributed by atoms with Gasteiger partial charge in [0.05, 0.1) is 26.3 Å². The Balaban J connectivity index is 1.71. The van der Waals surface area contributed by atoms with Crippen molar-refractivity contribution in [2.24, 2.45) is 5.92 Å². The van der Waals surface area contributed by atoms with Crippen LogP contribution in [0.5, 0.6) is 11.6 Å². The second-order valence-electron chi connectivity index (χ2n) is 9.32. The predicted octanol–water partition coefficient (Wildman–Crippen LogP) is 3.14. The lowest BCUT2D eigenvalue weighted by atomic mass is 9.98. The highest BCUT2D eigenvalue weighted by Gasteiger charge is 2.35. The Labute approximate surface area is 216 Å². The summed E-state index contributed by atoms with van der Waals surface area (Å²) in [5, 5.41) is 9.90. The molecule has 1 N–H and O–H groups in total. The van der Waals surface area contributed by atoms with Gasteiger partial charge in [0.2, 0.25) is 5.88 Å². The van der Waals surface area contributed by atoms with E-state index in [-0.39, 0.29) is 36.8 Å². The summed E-state index contributed by atoms with van der Waals surface area (Å²) in [6, 6.07) is 12.2. The number of carbonyl (C=O) groups is 2. The highest BCUT2D eigenvalue weighted by Crippen LogP contribution is 2.34. The quantitative estimate of drug-likeness (QED) is 0.527. The number of hydrogen-bond acceptors (Lipinski definition) is 7. The van der Waals surface area contributed by atoms with Crippen LogP contribution in [-0.2, 0) is 0 Å². The van der Waals surface area contributed by atoms with Crippen molar-refractivity contribution in [2.75, 3.05) is 33.9 Å². The first-order chi connectivity index (χ1) is 17.8. The summed E-state index contributed by atoms with van der Waals surface area (Å²) >= 11 is 0. The van der Waals surface area contributed by atoms with E-state index in [1.54, 1.807) is 67.7 Å². The Hall–Kier alpha value is -3.98. The molecule has 2 amide bonds. The van der Waals surface area contributed by atoms with Gasteiger partial charge in [-0.2, -0.15) is 0 Å². The van der Waals surface area contributed by atoms with Gasteiger partial charge in [-0.25, -0.2) is 4.98 Å². The number of hydrogen-bond donors (Lipinski definition) is 1. The van der Waals surface area contributed by atoms with Gasteiger partial charge in [0, 0.05) is 54.8 Å². The fraction of sp³-hybridized carbons (Fsp3) is 0.357. The number of carbonyl (C=O) groups excluding carboxylic acids is 2. The Morgan fingerprint density at radius 1 is 1.24 bits per heavy atom. The molecule has 3 atom stereocenters. The van der Waals surface area contributed by atoms with Crippen LogP contribution in [0, 0.1) is 5.92 Å². The lowest BCUT2D eigenvalue weighted by Crippen LogP contribution is -2.50. The molecule has 1 aliphatic heterocycles. The number of fused-ring (bicyclic) bond motifs is 1. The number of amides is 2. The molecule has 1 aliphatic rings. The molecule has 37 heavy (non-hydrogen) atoms. The van der Waals surface area contributed by atoms with Crippen LogP contribution in [0.3, 0.4) is 0 Å². The number of likely N-dealkylation sites (N-methyl/N-ethyl adjacent to an activating group) is 1. The number of aliphatic hydroxyl groups is 1. The SMILES string of the molecule is COc1ccccc1-c1cnc2c(c1)C(=O)N([C@@H](C)CO)C[C@H](C)[C@H](CN(C)C(=O)c1ccncc1)O2. The van der Waals surface area contributed by atoms with Crippen molar-refractivity contribution in [1.82, 2.24) is 19.8 Å². The van der Waals surface area contributed by atoms with Gasteiger partial charge >= 0.3 is 0 Å². The Kier molecular flexibility index (Phi) is 8.03. The molecule has 0 bridgehead atoms. The zero-order valence-electron chi connectivity index (χ0n) is 21.5. The van der Waals surface area contributed by atoms with Crippen molar-refractivity contribution in [3.8, 4) is 22.8 Å². The summed E-state index contributed by atoms with van der Waals surface area (Å²) < 4.78 is 11.8. The van der Waals surface area contributed by atoms with Crippen molar-refractivity contribution in [1.29, 1.82) is 0 Å². The number of pyridine rings is 2. The van der Waals surface area contributed by atoms with Gasteiger partial charge < -0.3 is 24.4 Å². The van der Waals surface area contributed by atoms with Crippen LogP contribution in [-0.4, -0.2) is 82.7 Å². The standard InChI is InChI=1S/C28H32N4O5/c1-18-15-32(19(2)17-33)28(35)23-13-21(22-7-5-6-8-24(22)36-4)14-30-26(23)37-25(18)16-31(3)27(34)20-9-11-29-12-10-20/h5-14,18-19,25,33H,15-17H2,1-4H3/t18-,19-,25-/m0/s1. The zero-order valence-corrected chi connectivity index (χ0v) is 21.5. The second kappa shape index (κ2) is 11.4. The number of methoxy groups -OCH3 is 1. The Bertz CT molecular complexity index is 1250. The molecule has 0 unspecified atom stereocenters. The minimum Gasteiger partial charge on any atom is -0.496 e. The fourth-order valence-corrected chi connectivity index (χ4v) is 4.42. The first kappa shape index (κ1) is 26.1. The molecule has 0 fully saturated rings. The minimum absolute atomic E-state index is 0.144. The summed E-state index contributed by atoms with van der Waals surface area (Å²) in [6.07, 6.45) is 4.37. The van der Waals surface area contributed by atoms with Crippen LogP contribution in [0.4, 0.5) is 0 Å². The number of rotatable bonds is 7. The van der Waals surface area contributed by atoms with E-state index >= 15 is 0 Å². The average Bonchev–Trinajstić information content (AvgIpc) is 2.94. The Morgan fingerprint density at radius 3 is 2.68 bits per heavy atom. The maximum atomic E-state index is 13.7. The van der Waals surface area contributed by atoms with Crippen molar-refractivity contribution < 1.29 is 24.2 Å². The van der Waals surface area contributed by atoms with Crippen LogP contribution in [0.1, 0.15) is 34.6 Å². The normalized spacial score (nSPS) is 18.2. The number of benzene rings is 1. The molecule has 3 heterocycles. The van der Waals surface area contributed by atoms with Crippen molar-refractivity contribution in [2.45, 2.75) is 26.0 Å². The number of para-hydroxylation sites is 1. The van der Waals surface area contributed by atoms with Crippen molar-refractivity contribution in [3.05, 3.63) is 72.2 Å². The van der Waals surface area contributed by atoms with Gasteiger partial charge in [-0.3, -0.25) is 14.6 Å². The van der Waals surface area contributed by atoms with E-state index in [0.717, 1.165) is 5.56 Å². The highest BCUT2D eigenvalue weighted by molar-refractivity contribution is 5.98. The van der Waals surface area contributed by atoms with Crippen LogP contribution in [0.2, 0.25) is 0 Å². The van der Waals surface area contributed by atoms with E-state index in [4.69, 9.17) is 9.47 Å². The third-order valence-electron chi connectivity index (χ3n) is 6.67. The third kappa shape index (κ3) is 5.56. The smallest absolute Gasteiger partial charge is 0.259 e. The molecule has 9 nitrogen and oxygen atoms in total. The van der Waals surface area contributed by atoms with Crippen molar-refractivity contribution in [3.63, 3.8) is 0 Å². The number of aliphatic hydroxyl groups excluding tert-OH is 1. The van der Waals surface area contributed by atoms with Gasteiger partial charge in [-0.05, 0) is 31.2 Å².